The zero-order chi connectivity index (χ0) is 35.2. The van der Waals surface area contributed by atoms with Crippen LogP contribution in [0.2, 0.25) is 0 Å². The standard InChI is InChI=1S/C33H44F5N3O5S/c1-5-8-9-11-24-12-13-29(46-4)18-25(24)20-39-21-31(42)30(17-23-15-26(34)19-27(35)16-23)41(32(43)33(36,37)38)22-28(10-6-2)40-47(44,45)14-7-3/h5-6,12-13,15-16,18-19,28,30-31,39-40,42H,1-2,7-11,14,17,20-22H2,3-4H3/t28-,30-,31-/m0/s1. The average molecular weight is 690 g/mol. The Morgan fingerprint density at radius 3 is 2.34 bits per heavy atom. The van der Waals surface area contributed by atoms with E-state index in [4.69, 9.17) is 4.74 Å². The molecule has 0 aliphatic heterocycles. The molecule has 8 nitrogen and oxygen atoms in total. The fourth-order valence-corrected chi connectivity index (χ4v) is 6.54. The van der Waals surface area contributed by atoms with Crippen molar-refractivity contribution in [3.05, 3.63) is 90.0 Å². The van der Waals surface area contributed by atoms with Crippen LogP contribution in [0.1, 0.15) is 49.3 Å². The van der Waals surface area contributed by atoms with Crippen molar-refractivity contribution in [1.82, 2.24) is 14.9 Å². The summed E-state index contributed by atoms with van der Waals surface area (Å²) in [6.07, 6.45) is -2.22. The van der Waals surface area contributed by atoms with E-state index in [1.165, 1.54) is 13.2 Å². The molecule has 2 aromatic rings. The molecule has 0 fully saturated rings. The molecule has 0 radical (unpaired) electrons. The average Bonchev–Trinajstić information content (AvgIpc) is 2.98. The number of methoxy groups -OCH3 is 1. The molecule has 2 aromatic carbocycles. The third kappa shape index (κ3) is 13.4. The fraction of sp³-hybridized carbons (Fsp3) is 0.485. The Kier molecular flexibility index (Phi) is 16.0. The highest BCUT2D eigenvalue weighted by molar-refractivity contribution is 7.89. The summed E-state index contributed by atoms with van der Waals surface area (Å²) in [5.74, 6) is -4.09. The number of sulfonamides is 1. The van der Waals surface area contributed by atoms with E-state index in [0.29, 0.717) is 23.1 Å². The monoisotopic (exact) mass is 689 g/mol. The summed E-state index contributed by atoms with van der Waals surface area (Å²) in [5, 5.41) is 14.4. The predicted molar refractivity (Wildman–Crippen MR) is 171 cm³/mol. The zero-order valence-corrected chi connectivity index (χ0v) is 27.5. The Morgan fingerprint density at radius 1 is 1.09 bits per heavy atom. The molecule has 0 unspecified atom stereocenters. The van der Waals surface area contributed by atoms with Gasteiger partial charge in [-0.3, -0.25) is 4.79 Å². The van der Waals surface area contributed by atoms with Gasteiger partial charge in [0.15, 0.2) is 0 Å². The fourth-order valence-electron chi connectivity index (χ4n) is 5.20. The second-order valence-electron chi connectivity index (χ2n) is 11.2. The number of hydrogen-bond donors (Lipinski definition) is 3. The van der Waals surface area contributed by atoms with Gasteiger partial charge in [0, 0.05) is 31.7 Å². The van der Waals surface area contributed by atoms with Crippen molar-refractivity contribution in [2.24, 2.45) is 0 Å². The number of rotatable bonds is 21. The molecule has 3 N–H and O–H groups in total. The van der Waals surface area contributed by atoms with Gasteiger partial charge < -0.3 is 20.1 Å². The van der Waals surface area contributed by atoms with Crippen LogP contribution in [0, 0.1) is 11.6 Å². The lowest BCUT2D eigenvalue weighted by molar-refractivity contribution is -0.190. The molecular weight excluding hydrogens is 645 g/mol. The van der Waals surface area contributed by atoms with Gasteiger partial charge in [-0.1, -0.05) is 25.1 Å². The van der Waals surface area contributed by atoms with Crippen molar-refractivity contribution in [3.8, 4) is 5.75 Å². The van der Waals surface area contributed by atoms with Crippen LogP contribution < -0.4 is 14.8 Å². The Balaban J connectivity index is 2.48. The minimum atomic E-state index is -5.42. The number of nitrogens with one attached hydrogen (secondary N) is 2. The molecule has 14 heteroatoms. The molecule has 47 heavy (non-hydrogen) atoms. The van der Waals surface area contributed by atoms with Crippen molar-refractivity contribution in [2.75, 3.05) is 26.0 Å². The number of ether oxygens (including phenoxy) is 1. The maximum Gasteiger partial charge on any atom is 0.471 e. The minimum absolute atomic E-state index is 0.115. The number of aliphatic hydroxyl groups excluding tert-OH is 1. The van der Waals surface area contributed by atoms with E-state index in [9.17, 15) is 40.3 Å². The topological polar surface area (TPSA) is 108 Å². The van der Waals surface area contributed by atoms with Crippen molar-refractivity contribution in [3.63, 3.8) is 0 Å². The number of halogens is 5. The maximum absolute atomic E-state index is 14.1. The summed E-state index contributed by atoms with van der Waals surface area (Å²) < 4.78 is 103. The zero-order valence-electron chi connectivity index (χ0n) is 26.7. The van der Waals surface area contributed by atoms with Crippen LogP contribution in [-0.4, -0.2) is 74.6 Å². The van der Waals surface area contributed by atoms with E-state index in [1.807, 2.05) is 6.07 Å². The van der Waals surface area contributed by atoms with Crippen LogP contribution in [0.15, 0.2) is 61.7 Å². The molecule has 0 bridgehead atoms. The van der Waals surface area contributed by atoms with Gasteiger partial charge in [-0.25, -0.2) is 21.9 Å². The van der Waals surface area contributed by atoms with Gasteiger partial charge in [0.1, 0.15) is 17.4 Å². The molecule has 1 amide bonds. The molecule has 0 aliphatic carbocycles. The number of allylic oxidation sites excluding steroid dienone is 1. The van der Waals surface area contributed by atoms with Gasteiger partial charge in [-0.05, 0) is 79.5 Å². The van der Waals surface area contributed by atoms with E-state index in [1.54, 1.807) is 25.1 Å². The second-order valence-corrected chi connectivity index (χ2v) is 13.0. The van der Waals surface area contributed by atoms with Gasteiger partial charge in [-0.2, -0.15) is 13.2 Å². The highest BCUT2D eigenvalue weighted by atomic mass is 32.2. The predicted octanol–water partition coefficient (Wildman–Crippen LogP) is 5.21. The summed E-state index contributed by atoms with van der Waals surface area (Å²) in [5.41, 5.74) is 1.67. The highest BCUT2D eigenvalue weighted by Crippen LogP contribution is 2.25. The van der Waals surface area contributed by atoms with Crippen LogP contribution in [0.3, 0.4) is 0 Å². The minimum Gasteiger partial charge on any atom is -0.497 e. The summed E-state index contributed by atoms with van der Waals surface area (Å²) >= 11 is 0. The lowest BCUT2D eigenvalue weighted by Gasteiger charge is -2.38. The lowest BCUT2D eigenvalue weighted by Crippen LogP contribution is -2.58. The van der Waals surface area contributed by atoms with Gasteiger partial charge >= 0.3 is 12.1 Å². The number of benzene rings is 2. The lowest BCUT2D eigenvalue weighted by atomic mass is 9.97. The van der Waals surface area contributed by atoms with E-state index < -0.39 is 64.9 Å². The Labute approximate surface area is 273 Å². The first kappa shape index (κ1) is 39.8. The number of hydrogen-bond acceptors (Lipinski definition) is 6. The molecule has 0 saturated carbocycles. The van der Waals surface area contributed by atoms with Gasteiger partial charge in [-0.15, -0.1) is 13.2 Å². The van der Waals surface area contributed by atoms with Crippen molar-refractivity contribution in [1.29, 1.82) is 0 Å². The first-order valence-corrected chi connectivity index (χ1v) is 16.9. The largest absolute Gasteiger partial charge is 0.497 e. The van der Waals surface area contributed by atoms with Crippen LogP contribution in [0.4, 0.5) is 22.0 Å². The summed E-state index contributed by atoms with van der Waals surface area (Å²) in [6, 6.07) is 4.92. The molecule has 0 aromatic heterocycles. The van der Waals surface area contributed by atoms with Crippen LogP contribution in [-0.2, 0) is 34.2 Å². The van der Waals surface area contributed by atoms with Crippen molar-refractivity contribution in [2.45, 2.75) is 76.4 Å². The molecule has 262 valence electrons. The normalized spacial score (nSPS) is 13.9. The second kappa shape index (κ2) is 18.9. The van der Waals surface area contributed by atoms with Crippen LogP contribution >= 0.6 is 0 Å². The molecule has 0 saturated heterocycles. The summed E-state index contributed by atoms with van der Waals surface area (Å²) in [7, 11) is -2.44. The van der Waals surface area contributed by atoms with Crippen LogP contribution in [0.25, 0.3) is 0 Å². The van der Waals surface area contributed by atoms with Gasteiger partial charge in [0.25, 0.3) is 0 Å². The van der Waals surface area contributed by atoms with Gasteiger partial charge in [0.2, 0.25) is 10.0 Å². The Bertz CT molecular complexity index is 1420. The first-order valence-electron chi connectivity index (χ1n) is 15.2. The quantitative estimate of drug-likeness (QED) is 0.0945. The number of carbonyl (C=O) groups excluding carboxylic acids is 1. The van der Waals surface area contributed by atoms with E-state index >= 15 is 0 Å². The SMILES string of the molecule is C=CCCCc1ccc(OC)cc1CNC[C@H](O)[C@H](Cc1cc(F)cc(F)c1)N(C[C@H](CC=C)NS(=O)(=O)CCC)C(=O)C(F)(F)F. The Hall–Kier alpha value is -3.33. The smallest absolute Gasteiger partial charge is 0.471 e. The molecule has 0 spiro atoms. The summed E-state index contributed by atoms with van der Waals surface area (Å²) in [6.45, 7) is 7.90. The molecular formula is C33H44F5N3O5S. The van der Waals surface area contributed by atoms with E-state index in [2.05, 4.69) is 23.2 Å². The number of amides is 1. The number of aliphatic hydroxyl groups is 1. The maximum atomic E-state index is 14.1. The number of alkyl halides is 3. The van der Waals surface area contributed by atoms with Crippen molar-refractivity contribution >= 4 is 15.9 Å². The summed E-state index contributed by atoms with van der Waals surface area (Å²) in [4.78, 5) is 13.2. The van der Waals surface area contributed by atoms with Crippen molar-refractivity contribution < 1.29 is 45.0 Å². The van der Waals surface area contributed by atoms with E-state index in [0.717, 1.165) is 36.1 Å². The van der Waals surface area contributed by atoms with E-state index in [-0.39, 0.29) is 37.2 Å². The van der Waals surface area contributed by atoms with Gasteiger partial charge in [0.05, 0.1) is 25.0 Å². The molecule has 0 heterocycles. The molecule has 0 aliphatic rings. The highest BCUT2D eigenvalue weighted by Gasteiger charge is 2.46. The first-order chi connectivity index (χ1) is 22.1. The number of nitrogens with zero attached hydrogens (tertiary/aromatic N) is 1. The Morgan fingerprint density at radius 2 is 1.77 bits per heavy atom. The van der Waals surface area contributed by atoms with Crippen LogP contribution in [0.5, 0.6) is 5.75 Å². The number of unbranched alkanes of at least 4 members (excludes halogenated alkanes) is 1. The number of aryl methyl sites for hydroxylation is 1. The third-order valence-electron chi connectivity index (χ3n) is 7.34. The third-order valence-corrected chi connectivity index (χ3v) is 8.98. The molecule has 3 atom stereocenters. The molecule has 2 rings (SSSR count). The number of carbonyl (C=O) groups is 1.